The zero-order valence-corrected chi connectivity index (χ0v) is 14.3. The van der Waals surface area contributed by atoms with Crippen molar-refractivity contribution >= 4 is 21.5 Å². The number of hydrogen-bond donors (Lipinski definition) is 0. The molecule has 0 bridgehead atoms. The van der Waals surface area contributed by atoms with Crippen molar-refractivity contribution in [2.75, 3.05) is 18.6 Å². The van der Waals surface area contributed by atoms with Gasteiger partial charge in [0.25, 0.3) is 5.91 Å². The Morgan fingerprint density at radius 3 is 2.35 bits per heavy atom. The van der Waals surface area contributed by atoms with Gasteiger partial charge in [-0.3, -0.25) is 9.59 Å². The van der Waals surface area contributed by atoms with E-state index < -0.39 is 15.9 Å². The summed E-state index contributed by atoms with van der Waals surface area (Å²) in [6, 6.07) is 6.27. The number of carbonyl (C=O) groups excluding carboxylic acids is 2. The highest BCUT2D eigenvalue weighted by Crippen LogP contribution is 2.19. The van der Waals surface area contributed by atoms with Crippen LogP contribution in [-0.4, -0.2) is 55.7 Å². The molecule has 1 amide bonds. The topological polar surface area (TPSA) is 80.8 Å². The molecule has 0 saturated carbocycles. The first-order chi connectivity index (χ1) is 10.7. The molecule has 23 heavy (non-hydrogen) atoms. The maximum Gasteiger partial charge on any atom is 0.263 e. The summed E-state index contributed by atoms with van der Waals surface area (Å²) in [4.78, 5) is 25.1. The van der Waals surface area contributed by atoms with Crippen molar-refractivity contribution in [3.05, 3.63) is 29.8 Å². The lowest BCUT2D eigenvalue weighted by Gasteiger charge is -2.26. The number of hydrogen-bond acceptors (Lipinski definition) is 5. The SMILES string of the molecule is CC(=O)c1ccc(O[C@H](C)C(=O)N(C)[C@@H]2CCS(=O)(=O)C2)cc1. The fourth-order valence-electron chi connectivity index (χ4n) is 2.57. The lowest BCUT2D eigenvalue weighted by Crippen LogP contribution is -2.44. The average Bonchev–Trinajstić information content (AvgIpc) is 2.86. The first kappa shape index (κ1) is 17.5. The number of rotatable bonds is 5. The fourth-order valence-corrected chi connectivity index (χ4v) is 4.34. The van der Waals surface area contributed by atoms with Crippen molar-refractivity contribution < 1.29 is 22.7 Å². The molecule has 2 rings (SSSR count). The second kappa shape index (κ2) is 6.70. The highest BCUT2D eigenvalue weighted by molar-refractivity contribution is 7.91. The van der Waals surface area contributed by atoms with Crippen LogP contribution in [0.5, 0.6) is 5.75 Å². The molecule has 0 N–H and O–H groups in total. The number of nitrogens with zero attached hydrogens (tertiary/aromatic N) is 1. The Bertz CT molecular complexity index is 696. The van der Waals surface area contributed by atoms with E-state index >= 15 is 0 Å². The van der Waals surface area contributed by atoms with E-state index in [1.807, 2.05) is 0 Å². The number of likely N-dealkylation sites (N-methyl/N-ethyl adjacent to an activating group) is 1. The lowest BCUT2D eigenvalue weighted by molar-refractivity contribution is -0.138. The number of carbonyl (C=O) groups is 2. The number of sulfone groups is 1. The smallest absolute Gasteiger partial charge is 0.263 e. The minimum absolute atomic E-state index is 0.00919. The van der Waals surface area contributed by atoms with Crippen molar-refractivity contribution in [1.29, 1.82) is 0 Å². The molecule has 1 fully saturated rings. The molecular formula is C16H21NO5S. The molecule has 1 aromatic carbocycles. The quantitative estimate of drug-likeness (QED) is 0.756. The molecule has 0 spiro atoms. The summed E-state index contributed by atoms with van der Waals surface area (Å²) in [6.45, 7) is 3.10. The molecule has 1 aliphatic rings. The molecule has 1 heterocycles. The molecule has 0 unspecified atom stereocenters. The number of benzene rings is 1. The molecule has 7 heteroatoms. The van der Waals surface area contributed by atoms with Crippen LogP contribution < -0.4 is 4.74 Å². The summed E-state index contributed by atoms with van der Waals surface area (Å²) < 4.78 is 28.6. The van der Waals surface area contributed by atoms with Crippen molar-refractivity contribution in [3.63, 3.8) is 0 Å². The van der Waals surface area contributed by atoms with Crippen LogP contribution >= 0.6 is 0 Å². The monoisotopic (exact) mass is 339 g/mol. The van der Waals surface area contributed by atoms with Gasteiger partial charge in [0.2, 0.25) is 0 Å². The molecular weight excluding hydrogens is 318 g/mol. The lowest BCUT2D eigenvalue weighted by atomic mass is 10.1. The zero-order chi connectivity index (χ0) is 17.2. The second-order valence-corrected chi connectivity index (χ2v) is 8.08. The van der Waals surface area contributed by atoms with Gasteiger partial charge in [0, 0.05) is 18.7 Å². The van der Waals surface area contributed by atoms with E-state index in [2.05, 4.69) is 0 Å². The van der Waals surface area contributed by atoms with Crippen LogP contribution in [0.4, 0.5) is 0 Å². The number of amides is 1. The molecule has 0 aliphatic carbocycles. The summed E-state index contributed by atoms with van der Waals surface area (Å²) in [5.74, 6) is 0.320. The third kappa shape index (κ3) is 4.31. The summed E-state index contributed by atoms with van der Waals surface area (Å²) >= 11 is 0. The summed E-state index contributed by atoms with van der Waals surface area (Å²) in [7, 11) is -1.43. The fraction of sp³-hybridized carbons (Fsp3) is 0.500. The zero-order valence-electron chi connectivity index (χ0n) is 13.5. The minimum Gasteiger partial charge on any atom is -0.481 e. The van der Waals surface area contributed by atoms with E-state index in [0.717, 1.165) is 0 Å². The molecule has 2 atom stereocenters. The Labute approximate surface area is 136 Å². The van der Waals surface area contributed by atoms with Gasteiger partial charge in [-0.25, -0.2) is 8.42 Å². The third-order valence-corrected chi connectivity index (χ3v) is 5.78. The van der Waals surface area contributed by atoms with Gasteiger partial charge >= 0.3 is 0 Å². The second-order valence-electron chi connectivity index (χ2n) is 5.85. The van der Waals surface area contributed by atoms with Crippen molar-refractivity contribution in [1.82, 2.24) is 4.90 Å². The first-order valence-electron chi connectivity index (χ1n) is 7.44. The van der Waals surface area contributed by atoms with Crippen LogP contribution in [-0.2, 0) is 14.6 Å². The third-order valence-electron chi connectivity index (χ3n) is 4.03. The Morgan fingerprint density at radius 1 is 1.26 bits per heavy atom. The van der Waals surface area contributed by atoms with Gasteiger partial charge in [-0.15, -0.1) is 0 Å². The maximum atomic E-state index is 12.4. The van der Waals surface area contributed by atoms with E-state index in [1.54, 1.807) is 38.2 Å². The summed E-state index contributed by atoms with van der Waals surface area (Å²) in [5.41, 5.74) is 0.574. The standard InChI is InChI=1S/C16H21NO5S/c1-11(18)13-4-6-15(7-5-13)22-12(2)16(19)17(3)14-8-9-23(20,21)10-14/h4-7,12,14H,8-10H2,1-3H3/t12-,14-/m1/s1. The molecule has 0 radical (unpaired) electrons. The molecule has 6 nitrogen and oxygen atoms in total. The molecule has 0 aromatic heterocycles. The molecule has 1 aliphatic heterocycles. The predicted octanol–water partition coefficient (Wildman–Crippen LogP) is 1.30. The van der Waals surface area contributed by atoms with Crippen LogP contribution in [0.1, 0.15) is 30.6 Å². The Hall–Kier alpha value is -1.89. The van der Waals surface area contributed by atoms with Gasteiger partial charge in [-0.2, -0.15) is 0 Å². The van der Waals surface area contributed by atoms with E-state index in [-0.39, 0.29) is 29.2 Å². The summed E-state index contributed by atoms with van der Waals surface area (Å²) in [5, 5.41) is 0. The normalized spacial score (nSPS) is 20.7. The molecule has 126 valence electrons. The van der Waals surface area contributed by atoms with E-state index in [0.29, 0.717) is 17.7 Å². The highest BCUT2D eigenvalue weighted by atomic mass is 32.2. The number of ketones is 1. The first-order valence-corrected chi connectivity index (χ1v) is 9.26. The van der Waals surface area contributed by atoms with E-state index in [1.165, 1.54) is 11.8 Å². The Morgan fingerprint density at radius 2 is 1.87 bits per heavy atom. The molecule has 1 aromatic rings. The Kier molecular flexibility index (Phi) is 5.09. The van der Waals surface area contributed by atoms with Crippen LogP contribution in [0.25, 0.3) is 0 Å². The van der Waals surface area contributed by atoms with Crippen LogP contribution in [0.2, 0.25) is 0 Å². The average molecular weight is 339 g/mol. The van der Waals surface area contributed by atoms with Gasteiger partial charge in [0.1, 0.15) is 5.75 Å². The van der Waals surface area contributed by atoms with Gasteiger partial charge in [-0.1, -0.05) is 0 Å². The van der Waals surface area contributed by atoms with Crippen molar-refractivity contribution in [2.24, 2.45) is 0 Å². The van der Waals surface area contributed by atoms with Crippen molar-refractivity contribution in [3.8, 4) is 5.75 Å². The van der Waals surface area contributed by atoms with Gasteiger partial charge in [-0.05, 0) is 44.5 Å². The Balaban J connectivity index is 1.98. The number of Topliss-reactive ketones (excluding diaryl/α,β-unsaturated/α-hetero) is 1. The van der Waals surface area contributed by atoms with E-state index in [4.69, 9.17) is 4.74 Å². The van der Waals surface area contributed by atoms with Crippen LogP contribution in [0.15, 0.2) is 24.3 Å². The minimum atomic E-state index is -3.04. The van der Waals surface area contributed by atoms with Crippen molar-refractivity contribution in [2.45, 2.75) is 32.4 Å². The largest absolute Gasteiger partial charge is 0.481 e. The highest BCUT2D eigenvalue weighted by Gasteiger charge is 2.34. The predicted molar refractivity (Wildman–Crippen MR) is 86.4 cm³/mol. The summed E-state index contributed by atoms with van der Waals surface area (Å²) in [6.07, 6.45) is -0.267. The van der Waals surface area contributed by atoms with E-state index in [9.17, 15) is 18.0 Å². The van der Waals surface area contributed by atoms with Gasteiger partial charge in [0.05, 0.1) is 11.5 Å². The molecule has 1 saturated heterocycles. The van der Waals surface area contributed by atoms with Crippen LogP contribution in [0.3, 0.4) is 0 Å². The maximum absolute atomic E-state index is 12.4. The van der Waals surface area contributed by atoms with Gasteiger partial charge < -0.3 is 9.64 Å². The van der Waals surface area contributed by atoms with Crippen LogP contribution in [0, 0.1) is 0 Å². The van der Waals surface area contributed by atoms with Gasteiger partial charge in [0.15, 0.2) is 21.7 Å². The number of ether oxygens (including phenoxy) is 1.